The van der Waals surface area contributed by atoms with Crippen molar-refractivity contribution in [2.45, 2.75) is 18.4 Å². The van der Waals surface area contributed by atoms with E-state index in [1.807, 2.05) is 23.6 Å². The van der Waals surface area contributed by atoms with Gasteiger partial charge in [0.2, 0.25) is 5.91 Å². The Hall–Kier alpha value is -3.01. The van der Waals surface area contributed by atoms with Crippen LogP contribution in [-0.4, -0.2) is 41.5 Å². The molecular weight excluding hydrogens is 402 g/mol. The molecule has 1 aromatic carbocycles. The van der Waals surface area contributed by atoms with Crippen LogP contribution in [0, 0.1) is 0 Å². The van der Waals surface area contributed by atoms with Gasteiger partial charge in [0.1, 0.15) is 0 Å². The topological polar surface area (TPSA) is 122 Å². The monoisotopic (exact) mass is 425 g/mol. The van der Waals surface area contributed by atoms with Crippen LogP contribution in [0.25, 0.3) is 11.3 Å². The zero-order valence-electron chi connectivity index (χ0n) is 16.3. The Kier molecular flexibility index (Phi) is 5.93. The van der Waals surface area contributed by atoms with Crippen molar-refractivity contribution in [2.24, 2.45) is 5.73 Å². The molecule has 0 saturated carbocycles. The molecule has 9 heteroatoms. The summed E-state index contributed by atoms with van der Waals surface area (Å²) < 4.78 is 5.44. The lowest BCUT2D eigenvalue weighted by atomic mass is 9.83. The third kappa shape index (κ3) is 4.59. The Bertz CT molecular complexity index is 1020. The molecule has 1 aliphatic heterocycles. The second-order valence-electron chi connectivity index (χ2n) is 7.22. The van der Waals surface area contributed by atoms with Crippen molar-refractivity contribution in [3.8, 4) is 11.3 Å². The number of carbonyl (C=O) groups is 2. The largest absolute Gasteiger partial charge is 0.381 e. The highest BCUT2D eigenvalue weighted by molar-refractivity contribution is 7.14. The second-order valence-corrected chi connectivity index (χ2v) is 8.08. The maximum atomic E-state index is 12.1. The average Bonchev–Trinajstić information content (AvgIpc) is 3.45. The molecule has 2 amide bonds. The van der Waals surface area contributed by atoms with E-state index < -0.39 is 0 Å². The van der Waals surface area contributed by atoms with Crippen molar-refractivity contribution >= 4 is 28.3 Å². The number of nitrogens with two attached hydrogens (primary N) is 1. The number of ether oxygens (including phenoxy) is 1. The Morgan fingerprint density at radius 1 is 1.27 bits per heavy atom. The van der Waals surface area contributed by atoms with E-state index in [0.717, 1.165) is 29.7 Å². The van der Waals surface area contributed by atoms with Crippen molar-refractivity contribution in [3.05, 3.63) is 59.2 Å². The van der Waals surface area contributed by atoms with Crippen LogP contribution >= 0.6 is 11.3 Å². The van der Waals surface area contributed by atoms with Gasteiger partial charge in [-0.1, -0.05) is 18.2 Å². The number of anilines is 1. The molecular formula is C21H23N5O3S. The van der Waals surface area contributed by atoms with Gasteiger partial charge < -0.3 is 26.1 Å². The first kappa shape index (κ1) is 20.3. The lowest BCUT2D eigenvalue weighted by Crippen LogP contribution is -2.42. The first-order valence-electron chi connectivity index (χ1n) is 9.67. The number of hydrogen-bond donors (Lipinski definition) is 4. The van der Waals surface area contributed by atoms with Crippen LogP contribution in [-0.2, 0) is 15.1 Å². The van der Waals surface area contributed by atoms with Crippen LogP contribution in [0.2, 0.25) is 0 Å². The molecule has 30 heavy (non-hydrogen) atoms. The van der Waals surface area contributed by atoms with E-state index >= 15 is 0 Å². The summed E-state index contributed by atoms with van der Waals surface area (Å²) in [5, 5.41) is 7.66. The number of amides is 2. The minimum atomic E-state index is -0.390. The molecule has 3 aromatic rings. The first-order valence-corrected chi connectivity index (χ1v) is 10.6. The van der Waals surface area contributed by atoms with E-state index in [1.54, 1.807) is 18.5 Å². The van der Waals surface area contributed by atoms with Crippen molar-refractivity contribution < 1.29 is 14.3 Å². The van der Waals surface area contributed by atoms with Gasteiger partial charge in [-0.15, -0.1) is 11.3 Å². The summed E-state index contributed by atoms with van der Waals surface area (Å²) >= 11 is 1.33. The molecule has 5 N–H and O–H groups in total. The van der Waals surface area contributed by atoms with Crippen molar-refractivity contribution in [3.63, 3.8) is 0 Å². The molecule has 1 aliphatic rings. The van der Waals surface area contributed by atoms with Gasteiger partial charge in [0.15, 0.2) is 5.13 Å². The number of benzene rings is 1. The number of aromatic amines is 1. The Morgan fingerprint density at radius 3 is 2.87 bits per heavy atom. The summed E-state index contributed by atoms with van der Waals surface area (Å²) in [7, 11) is 0. The van der Waals surface area contributed by atoms with E-state index in [9.17, 15) is 9.59 Å². The van der Waals surface area contributed by atoms with Gasteiger partial charge in [-0.25, -0.2) is 4.98 Å². The predicted molar refractivity (Wildman–Crippen MR) is 115 cm³/mol. The molecule has 0 bridgehead atoms. The molecule has 0 radical (unpaired) electrons. The Balaban J connectivity index is 1.38. The molecule has 2 aromatic heterocycles. The van der Waals surface area contributed by atoms with Gasteiger partial charge in [-0.05, 0) is 30.5 Å². The summed E-state index contributed by atoms with van der Waals surface area (Å²) in [4.78, 5) is 31.3. The molecule has 0 spiro atoms. The summed E-state index contributed by atoms with van der Waals surface area (Å²) in [5.41, 5.74) is 9.46. The number of thiazole rings is 1. The fraction of sp³-hybridized carbons (Fsp3) is 0.286. The van der Waals surface area contributed by atoms with Gasteiger partial charge in [0.25, 0.3) is 5.91 Å². The van der Waals surface area contributed by atoms with E-state index in [2.05, 4.69) is 26.7 Å². The molecule has 1 fully saturated rings. The highest BCUT2D eigenvalue weighted by atomic mass is 32.1. The first-order chi connectivity index (χ1) is 14.5. The minimum absolute atomic E-state index is 0.133. The molecule has 0 unspecified atom stereocenters. The lowest BCUT2D eigenvalue weighted by molar-refractivity contribution is -0.115. The second kappa shape index (κ2) is 8.78. The normalized spacial score (nSPS) is 15.5. The van der Waals surface area contributed by atoms with E-state index in [0.29, 0.717) is 23.9 Å². The molecule has 8 nitrogen and oxygen atoms in total. The molecule has 4 rings (SSSR count). The number of hydrogen-bond acceptors (Lipinski definition) is 6. The summed E-state index contributed by atoms with van der Waals surface area (Å²) in [6.07, 6.45) is 4.78. The summed E-state index contributed by atoms with van der Waals surface area (Å²) in [6.45, 7) is 1.19. The zero-order chi connectivity index (χ0) is 21.0. The van der Waals surface area contributed by atoms with Crippen LogP contribution in [0.5, 0.6) is 0 Å². The zero-order valence-corrected chi connectivity index (χ0v) is 17.1. The van der Waals surface area contributed by atoms with Gasteiger partial charge in [0, 0.05) is 42.1 Å². The quantitative estimate of drug-likeness (QED) is 0.483. The van der Waals surface area contributed by atoms with Crippen LogP contribution < -0.4 is 16.4 Å². The number of nitrogens with one attached hydrogen (secondary N) is 3. The standard InChI is InChI=1S/C21H23N5O3S/c22-21(5-8-29-9-6-21)16-3-1-2-14(10-16)17-13-30-20(25-17)26-18(27)12-24-19(28)15-4-7-23-11-15/h1-4,7,10-11,13,23H,5-6,8-9,12,22H2,(H,24,28)(H,25,26,27). The maximum absolute atomic E-state index is 12.1. The molecule has 3 heterocycles. The number of carbonyl (C=O) groups excluding carboxylic acids is 2. The van der Waals surface area contributed by atoms with Crippen LogP contribution in [0.3, 0.4) is 0 Å². The number of rotatable bonds is 6. The van der Waals surface area contributed by atoms with Crippen LogP contribution in [0.1, 0.15) is 28.8 Å². The van der Waals surface area contributed by atoms with Gasteiger partial charge >= 0.3 is 0 Å². The van der Waals surface area contributed by atoms with Crippen molar-refractivity contribution in [1.29, 1.82) is 0 Å². The Labute approximate surface area is 177 Å². The number of aromatic nitrogens is 2. The fourth-order valence-corrected chi connectivity index (χ4v) is 4.10. The molecule has 0 atom stereocenters. The average molecular weight is 426 g/mol. The van der Waals surface area contributed by atoms with Gasteiger partial charge in [0.05, 0.1) is 17.8 Å². The smallest absolute Gasteiger partial charge is 0.253 e. The van der Waals surface area contributed by atoms with Crippen LogP contribution in [0.4, 0.5) is 5.13 Å². The molecule has 0 aliphatic carbocycles. The van der Waals surface area contributed by atoms with E-state index in [-0.39, 0.29) is 23.9 Å². The summed E-state index contributed by atoms with van der Waals surface area (Å²) in [5.74, 6) is -0.650. The summed E-state index contributed by atoms with van der Waals surface area (Å²) in [6, 6.07) is 9.69. The number of H-pyrrole nitrogens is 1. The number of nitrogens with zero attached hydrogens (tertiary/aromatic N) is 1. The van der Waals surface area contributed by atoms with Crippen molar-refractivity contribution in [1.82, 2.24) is 15.3 Å². The highest BCUT2D eigenvalue weighted by Crippen LogP contribution is 2.33. The lowest BCUT2D eigenvalue weighted by Gasteiger charge is -2.34. The minimum Gasteiger partial charge on any atom is -0.381 e. The van der Waals surface area contributed by atoms with E-state index in [4.69, 9.17) is 10.5 Å². The molecule has 156 valence electrons. The van der Waals surface area contributed by atoms with Gasteiger partial charge in [-0.3, -0.25) is 9.59 Å². The molecule has 1 saturated heterocycles. The highest BCUT2D eigenvalue weighted by Gasteiger charge is 2.30. The van der Waals surface area contributed by atoms with Crippen LogP contribution in [0.15, 0.2) is 48.1 Å². The SMILES string of the molecule is NC1(c2cccc(-c3csc(NC(=O)CNC(=O)c4cc[nH]c4)n3)c2)CCOCC1. The predicted octanol–water partition coefficient (Wildman–Crippen LogP) is 2.47. The Morgan fingerprint density at radius 2 is 2.10 bits per heavy atom. The van der Waals surface area contributed by atoms with Gasteiger partial charge in [-0.2, -0.15) is 0 Å². The third-order valence-corrected chi connectivity index (χ3v) is 5.90. The van der Waals surface area contributed by atoms with E-state index in [1.165, 1.54) is 11.3 Å². The van der Waals surface area contributed by atoms with Crippen molar-refractivity contribution in [2.75, 3.05) is 25.1 Å². The third-order valence-electron chi connectivity index (χ3n) is 5.14. The fourth-order valence-electron chi connectivity index (χ4n) is 3.37. The maximum Gasteiger partial charge on any atom is 0.253 e.